The van der Waals surface area contributed by atoms with Gasteiger partial charge < -0.3 is 9.30 Å². The van der Waals surface area contributed by atoms with Gasteiger partial charge in [0, 0.05) is 53.1 Å². The molecule has 0 unspecified atom stereocenters. The van der Waals surface area contributed by atoms with Gasteiger partial charge in [-0.25, -0.2) is 12.8 Å². The Morgan fingerprint density at radius 2 is 1.74 bits per heavy atom. The van der Waals surface area contributed by atoms with Gasteiger partial charge in [0.2, 0.25) is 0 Å². The molecule has 1 aliphatic heterocycles. The van der Waals surface area contributed by atoms with Crippen molar-refractivity contribution in [3.63, 3.8) is 0 Å². The predicted molar refractivity (Wildman–Crippen MR) is 134 cm³/mol. The zero-order valence-corrected chi connectivity index (χ0v) is 20.0. The number of fused-ring (bicyclic) bond motifs is 2. The van der Waals surface area contributed by atoms with Gasteiger partial charge in [-0.05, 0) is 66.9 Å². The minimum atomic E-state index is -3.31. The molecule has 1 N–H and O–H groups in total. The number of rotatable bonds is 4. The van der Waals surface area contributed by atoms with E-state index in [-0.39, 0.29) is 16.6 Å². The van der Waals surface area contributed by atoms with E-state index in [0.29, 0.717) is 13.2 Å². The molecule has 5 aromatic rings. The Kier molecular flexibility index (Phi) is 5.23. The van der Waals surface area contributed by atoms with Gasteiger partial charge in [0.25, 0.3) is 0 Å². The third-order valence-electron chi connectivity index (χ3n) is 6.83. The zero-order chi connectivity index (χ0) is 24.2. The summed E-state index contributed by atoms with van der Waals surface area (Å²) in [4.78, 5) is 0.284. The molecule has 178 valence electrons. The van der Waals surface area contributed by atoms with E-state index in [2.05, 4.69) is 26.9 Å². The van der Waals surface area contributed by atoms with E-state index in [1.807, 2.05) is 12.1 Å². The Balaban J connectivity index is 1.71. The van der Waals surface area contributed by atoms with E-state index in [0.717, 1.165) is 57.2 Å². The van der Waals surface area contributed by atoms with Crippen LogP contribution < -0.4 is 0 Å². The molecule has 8 heteroatoms. The lowest BCUT2D eigenvalue weighted by Crippen LogP contribution is -2.17. The number of hydrogen-bond acceptors (Lipinski definition) is 4. The first-order valence-electron chi connectivity index (χ1n) is 11.6. The highest BCUT2D eigenvalue weighted by Crippen LogP contribution is 2.44. The standard InChI is InChI=1S/C27H24FN3O3S/c1-35(32,33)22-8-2-17(3-9-22)26-23-15-24-19(16-29-30-24)14-25(23)31(21-6-4-20(28)5-7-21)27(26)18-10-12-34-13-11-18/h2-9,14-16,18H,10-13H2,1H3,(H,29,30). The summed E-state index contributed by atoms with van der Waals surface area (Å²) in [5.74, 6) is -0.0612. The van der Waals surface area contributed by atoms with E-state index >= 15 is 0 Å². The van der Waals surface area contributed by atoms with E-state index in [1.165, 1.54) is 18.4 Å². The first-order valence-corrected chi connectivity index (χ1v) is 13.4. The van der Waals surface area contributed by atoms with Crippen molar-refractivity contribution in [2.45, 2.75) is 23.7 Å². The smallest absolute Gasteiger partial charge is 0.175 e. The molecule has 0 bridgehead atoms. The van der Waals surface area contributed by atoms with Gasteiger partial charge in [0.15, 0.2) is 9.84 Å². The summed E-state index contributed by atoms with van der Waals surface area (Å²) in [6, 6.07) is 17.8. The fourth-order valence-corrected chi connectivity index (χ4v) is 5.77. The average molecular weight is 490 g/mol. The highest BCUT2D eigenvalue weighted by Gasteiger charge is 2.28. The van der Waals surface area contributed by atoms with Crippen molar-refractivity contribution >= 4 is 31.6 Å². The number of sulfone groups is 1. The van der Waals surface area contributed by atoms with E-state index < -0.39 is 9.84 Å². The number of halogens is 1. The van der Waals surface area contributed by atoms with Crippen molar-refractivity contribution in [2.75, 3.05) is 19.5 Å². The summed E-state index contributed by atoms with van der Waals surface area (Å²) in [5, 5.41) is 9.28. The van der Waals surface area contributed by atoms with E-state index in [1.54, 1.807) is 30.5 Å². The van der Waals surface area contributed by atoms with Crippen LogP contribution in [0.1, 0.15) is 24.5 Å². The zero-order valence-electron chi connectivity index (χ0n) is 19.2. The average Bonchev–Trinajstić information content (AvgIpc) is 3.45. The third kappa shape index (κ3) is 3.83. The molecule has 6 nitrogen and oxygen atoms in total. The molecular formula is C27H24FN3O3S. The van der Waals surface area contributed by atoms with Gasteiger partial charge in [-0.15, -0.1) is 0 Å². The Hall–Kier alpha value is -3.49. The lowest BCUT2D eigenvalue weighted by molar-refractivity contribution is 0.0843. The number of aromatic nitrogens is 3. The molecule has 0 atom stereocenters. The molecule has 1 saturated heterocycles. The van der Waals surface area contributed by atoms with Crippen molar-refractivity contribution in [1.82, 2.24) is 14.8 Å². The summed E-state index contributed by atoms with van der Waals surface area (Å²) in [5.41, 5.74) is 5.90. The molecule has 3 aromatic carbocycles. The minimum Gasteiger partial charge on any atom is -0.381 e. The first kappa shape index (κ1) is 22.0. The molecule has 1 aliphatic rings. The number of ether oxygens (including phenoxy) is 1. The molecule has 3 heterocycles. The number of H-pyrrole nitrogens is 1. The maximum atomic E-state index is 13.9. The third-order valence-corrected chi connectivity index (χ3v) is 7.96. The van der Waals surface area contributed by atoms with Crippen LogP contribution in [-0.2, 0) is 14.6 Å². The molecule has 0 radical (unpaired) electrons. The summed E-state index contributed by atoms with van der Waals surface area (Å²) in [6.45, 7) is 1.35. The van der Waals surface area contributed by atoms with E-state index in [4.69, 9.17) is 4.74 Å². The predicted octanol–water partition coefficient (Wildman–Crippen LogP) is 5.61. The molecule has 0 amide bonds. The Labute approximate surface area is 202 Å². The van der Waals surface area contributed by atoms with Crippen LogP contribution >= 0.6 is 0 Å². The molecule has 6 rings (SSSR count). The summed E-state index contributed by atoms with van der Waals surface area (Å²) in [7, 11) is -3.31. The highest BCUT2D eigenvalue weighted by atomic mass is 32.2. The van der Waals surface area contributed by atoms with Crippen LogP contribution in [0.15, 0.2) is 71.8 Å². The van der Waals surface area contributed by atoms with Gasteiger partial charge in [-0.3, -0.25) is 5.10 Å². The second-order valence-electron chi connectivity index (χ2n) is 9.08. The Morgan fingerprint density at radius 1 is 1.03 bits per heavy atom. The monoisotopic (exact) mass is 489 g/mol. The number of aromatic amines is 1. The van der Waals surface area contributed by atoms with Gasteiger partial charge in [-0.1, -0.05) is 12.1 Å². The fraction of sp³-hybridized carbons (Fsp3) is 0.222. The Bertz CT molecular complexity index is 1650. The summed E-state index contributed by atoms with van der Waals surface area (Å²) in [6.07, 6.45) is 4.74. The molecular weight excluding hydrogens is 465 g/mol. The Morgan fingerprint density at radius 3 is 2.43 bits per heavy atom. The van der Waals surface area contributed by atoms with Crippen molar-refractivity contribution in [3.05, 3.63) is 78.4 Å². The van der Waals surface area contributed by atoms with Gasteiger partial charge in [-0.2, -0.15) is 5.10 Å². The number of nitrogens with zero attached hydrogens (tertiary/aromatic N) is 2. The summed E-state index contributed by atoms with van der Waals surface area (Å²) >= 11 is 0. The van der Waals surface area contributed by atoms with Gasteiger partial charge in [0.1, 0.15) is 5.82 Å². The quantitative estimate of drug-likeness (QED) is 0.356. The first-order chi connectivity index (χ1) is 16.9. The van der Waals surface area contributed by atoms with Gasteiger partial charge >= 0.3 is 0 Å². The van der Waals surface area contributed by atoms with Crippen LogP contribution in [0.5, 0.6) is 0 Å². The van der Waals surface area contributed by atoms with Crippen LogP contribution in [0, 0.1) is 5.82 Å². The minimum absolute atomic E-state index is 0.224. The molecule has 0 spiro atoms. The maximum Gasteiger partial charge on any atom is 0.175 e. The fourth-order valence-electron chi connectivity index (χ4n) is 5.14. The second-order valence-corrected chi connectivity index (χ2v) is 11.1. The molecule has 35 heavy (non-hydrogen) atoms. The van der Waals surface area contributed by atoms with E-state index in [9.17, 15) is 12.8 Å². The topological polar surface area (TPSA) is 77.0 Å². The van der Waals surface area contributed by atoms with Crippen molar-refractivity contribution in [3.8, 4) is 16.8 Å². The highest BCUT2D eigenvalue weighted by molar-refractivity contribution is 7.90. The lowest BCUT2D eigenvalue weighted by Gasteiger charge is -2.26. The molecule has 1 fully saturated rings. The van der Waals surface area contributed by atoms with Crippen LogP contribution in [0.4, 0.5) is 4.39 Å². The van der Waals surface area contributed by atoms with Crippen molar-refractivity contribution in [1.29, 1.82) is 0 Å². The molecule has 0 aliphatic carbocycles. The molecule has 2 aromatic heterocycles. The van der Waals surface area contributed by atoms with Crippen molar-refractivity contribution in [2.24, 2.45) is 0 Å². The number of nitrogens with one attached hydrogen (secondary N) is 1. The number of benzene rings is 3. The summed E-state index contributed by atoms with van der Waals surface area (Å²) < 4.78 is 45.9. The largest absolute Gasteiger partial charge is 0.381 e. The van der Waals surface area contributed by atoms with Crippen molar-refractivity contribution < 1.29 is 17.5 Å². The van der Waals surface area contributed by atoms with Crippen LogP contribution in [0.25, 0.3) is 38.6 Å². The second kappa shape index (κ2) is 8.32. The normalized spacial score (nSPS) is 15.3. The lowest BCUT2D eigenvalue weighted by atomic mass is 9.90. The van der Waals surface area contributed by atoms with Crippen LogP contribution in [0.3, 0.4) is 0 Å². The van der Waals surface area contributed by atoms with Crippen LogP contribution in [-0.4, -0.2) is 42.7 Å². The maximum absolute atomic E-state index is 13.9. The SMILES string of the molecule is CS(=O)(=O)c1ccc(-c2c(C3CCOCC3)n(-c3ccc(F)cc3)c3cc4cn[nH]c4cc23)cc1. The van der Waals surface area contributed by atoms with Crippen LogP contribution in [0.2, 0.25) is 0 Å². The molecule has 0 saturated carbocycles. The van der Waals surface area contributed by atoms with Gasteiger partial charge in [0.05, 0.1) is 22.1 Å². The number of hydrogen-bond donors (Lipinski definition) is 1.